The van der Waals surface area contributed by atoms with E-state index < -0.39 is 0 Å². The Kier molecular flexibility index (Phi) is 4.29. The number of furan rings is 1. The average Bonchev–Trinajstić information content (AvgIpc) is 3.30. The van der Waals surface area contributed by atoms with Gasteiger partial charge in [-0.15, -0.1) is 0 Å². The molecule has 26 heavy (non-hydrogen) atoms. The maximum absolute atomic E-state index is 12.6. The van der Waals surface area contributed by atoms with Crippen LogP contribution in [0.1, 0.15) is 30.7 Å². The molecule has 4 rings (SSSR count). The summed E-state index contributed by atoms with van der Waals surface area (Å²) in [6, 6.07) is 15.6. The first kappa shape index (κ1) is 16.5. The maximum Gasteiger partial charge on any atom is 0.231 e. The molecule has 2 heterocycles. The van der Waals surface area contributed by atoms with Crippen LogP contribution >= 0.6 is 0 Å². The van der Waals surface area contributed by atoms with Crippen LogP contribution in [0.2, 0.25) is 0 Å². The highest BCUT2D eigenvalue weighted by Gasteiger charge is 2.21. The molecule has 0 spiro atoms. The monoisotopic (exact) mass is 351 g/mol. The zero-order chi connectivity index (χ0) is 18.1. The van der Waals surface area contributed by atoms with E-state index in [9.17, 15) is 4.79 Å². The Morgan fingerprint density at radius 2 is 1.92 bits per heavy atom. The number of hydrogen-bond acceptors (Lipinski definition) is 4. The first-order valence-electron chi connectivity index (χ1n) is 8.74. The third-order valence-electron chi connectivity index (χ3n) is 4.90. The van der Waals surface area contributed by atoms with Crippen LogP contribution < -0.4 is 9.47 Å². The summed E-state index contributed by atoms with van der Waals surface area (Å²) in [5.74, 6) is 2.38. The van der Waals surface area contributed by atoms with E-state index in [4.69, 9.17) is 13.9 Å². The summed E-state index contributed by atoms with van der Waals surface area (Å²) < 4.78 is 16.6. The van der Waals surface area contributed by atoms with Crippen molar-refractivity contribution in [3.05, 3.63) is 59.9 Å². The van der Waals surface area contributed by atoms with Crippen LogP contribution in [0, 0.1) is 0 Å². The van der Waals surface area contributed by atoms with E-state index in [0.29, 0.717) is 12.8 Å². The second-order valence-electron chi connectivity index (χ2n) is 6.55. The van der Waals surface area contributed by atoms with Gasteiger partial charge in [0.1, 0.15) is 11.3 Å². The molecular weight excluding hydrogens is 330 g/mol. The molecule has 0 radical (unpaired) electrons. The first-order valence-corrected chi connectivity index (χ1v) is 8.74. The summed E-state index contributed by atoms with van der Waals surface area (Å²) in [5, 5.41) is 1.05. The van der Waals surface area contributed by atoms with Gasteiger partial charge in [0.2, 0.25) is 12.7 Å². The normalized spacial score (nSPS) is 13.8. The topological polar surface area (TPSA) is 51.9 Å². The van der Waals surface area contributed by atoms with Crippen LogP contribution in [0.25, 0.3) is 11.0 Å². The third-order valence-corrected chi connectivity index (χ3v) is 4.90. The molecule has 1 aromatic heterocycles. The zero-order valence-electron chi connectivity index (χ0n) is 14.9. The number of carbonyl (C=O) groups is 1. The first-order chi connectivity index (χ1) is 12.6. The van der Waals surface area contributed by atoms with Crippen molar-refractivity contribution in [2.24, 2.45) is 0 Å². The number of hydrogen-bond donors (Lipinski definition) is 0. The quantitative estimate of drug-likeness (QED) is 0.687. The van der Waals surface area contributed by atoms with E-state index in [1.54, 1.807) is 4.90 Å². The maximum atomic E-state index is 12.6. The molecule has 1 aliphatic heterocycles. The molecule has 0 fully saturated rings. The van der Waals surface area contributed by atoms with Crippen molar-refractivity contribution in [1.29, 1.82) is 0 Å². The van der Waals surface area contributed by atoms with Crippen molar-refractivity contribution in [2.45, 2.75) is 25.8 Å². The number of fused-ring (bicyclic) bond motifs is 2. The van der Waals surface area contributed by atoms with Gasteiger partial charge in [0.05, 0.1) is 6.04 Å². The summed E-state index contributed by atoms with van der Waals surface area (Å²) in [6.45, 7) is 2.24. The summed E-state index contributed by atoms with van der Waals surface area (Å²) in [5.41, 5.74) is 1.91. The fraction of sp³-hybridized carbons (Fsp3) is 0.286. The van der Waals surface area contributed by atoms with Crippen LogP contribution in [0.4, 0.5) is 0 Å². The highest BCUT2D eigenvalue weighted by molar-refractivity contribution is 5.79. The summed E-state index contributed by atoms with van der Waals surface area (Å²) in [7, 11) is 1.82. The van der Waals surface area contributed by atoms with E-state index >= 15 is 0 Å². The van der Waals surface area contributed by atoms with Crippen LogP contribution in [-0.2, 0) is 11.2 Å². The molecule has 134 valence electrons. The molecule has 0 bridgehead atoms. The van der Waals surface area contributed by atoms with Gasteiger partial charge in [-0.25, -0.2) is 0 Å². The van der Waals surface area contributed by atoms with Crippen LogP contribution in [-0.4, -0.2) is 24.6 Å². The fourth-order valence-electron chi connectivity index (χ4n) is 3.14. The van der Waals surface area contributed by atoms with Gasteiger partial charge in [-0.3, -0.25) is 4.79 Å². The van der Waals surface area contributed by atoms with Gasteiger partial charge in [-0.1, -0.05) is 24.3 Å². The molecule has 1 unspecified atom stereocenters. The lowest BCUT2D eigenvalue weighted by atomic mass is 10.1. The summed E-state index contributed by atoms with van der Waals surface area (Å²) in [6.07, 6.45) is 1.09. The molecule has 0 N–H and O–H groups in total. The molecule has 0 saturated heterocycles. The SMILES string of the molecule is CC(c1cc2ccccc2o1)N(C)C(=O)CCc1ccc2c(c1)OCO2. The minimum atomic E-state index is -0.119. The molecule has 0 aliphatic carbocycles. The molecular formula is C21H21NO4. The second kappa shape index (κ2) is 6.75. The largest absolute Gasteiger partial charge is 0.459 e. The zero-order valence-corrected chi connectivity index (χ0v) is 14.9. The van der Waals surface area contributed by atoms with Crippen molar-refractivity contribution >= 4 is 16.9 Å². The molecule has 2 aromatic carbocycles. The minimum Gasteiger partial charge on any atom is -0.459 e. The van der Waals surface area contributed by atoms with Gasteiger partial charge in [-0.2, -0.15) is 0 Å². The molecule has 5 heteroatoms. The van der Waals surface area contributed by atoms with Gasteiger partial charge < -0.3 is 18.8 Å². The number of benzene rings is 2. The molecule has 0 saturated carbocycles. The number of para-hydroxylation sites is 1. The number of rotatable bonds is 5. The fourth-order valence-corrected chi connectivity index (χ4v) is 3.14. The average molecular weight is 351 g/mol. The Bertz CT molecular complexity index is 913. The molecule has 1 aliphatic rings. The lowest BCUT2D eigenvalue weighted by molar-refractivity contribution is -0.132. The van der Waals surface area contributed by atoms with Crippen LogP contribution in [0.5, 0.6) is 11.5 Å². The Labute approximate surface area is 152 Å². The number of nitrogens with zero attached hydrogens (tertiary/aromatic N) is 1. The van der Waals surface area contributed by atoms with Gasteiger partial charge in [0, 0.05) is 18.9 Å². The van der Waals surface area contributed by atoms with E-state index in [1.807, 2.05) is 62.5 Å². The number of amides is 1. The van der Waals surface area contributed by atoms with Gasteiger partial charge >= 0.3 is 0 Å². The van der Waals surface area contributed by atoms with Crippen molar-refractivity contribution in [1.82, 2.24) is 4.90 Å². The van der Waals surface area contributed by atoms with Gasteiger partial charge in [0.25, 0.3) is 0 Å². The molecule has 5 nitrogen and oxygen atoms in total. The highest BCUT2D eigenvalue weighted by atomic mass is 16.7. The van der Waals surface area contributed by atoms with Crippen molar-refractivity contribution in [3.8, 4) is 11.5 Å². The molecule has 3 aromatic rings. The smallest absolute Gasteiger partial charge is 0.231 e. The Morgan fingerprint density at radius 3 is 2.77 bits per heavy atom. The van der Waals surface area contributed by atoms with Crippen molar-refractivity contribution in [3.63, 3.8) is 0 Å². The van der Waals surface area contributed by atoms with Crippen molar-refractivity contribution < 1.29 is 18.7 Å². The number of carbonyl (C=O) groups excluding carboxylic acids is 1. The predicted molar refractivity (Wildman–Crippen MR) is 98.3 cm³/mol. The van der Waals surface area contributed by atoms with E-state index in [0.717, 1.165) is 33.8 Å². The van der Waals surface area contributed by atoms with E-state index in [1.165, 1.54) is 0 Å². The van der Waals surface area contributed by atoms with E-state index in [2.05, 4.69) is 0 Å². The molecule has 1 amide bonds. The number of ether oxygens (including phenoxy) is 2. The van der Waals surface area contributed by atoms with E-state index in [-0.39, 0.29) is 18.7 Å². The summed E-state index contributed by atoms with van der Waals surface area (Å²) >= 11 is 0. The standard InChI is InChI=1S/C21H21NO4/c1-14(19-12-16-5-3-4-6-17(16)26-19)22(2)21(23)10-8-15-7-9-18-20(11-15)25-13-24-18/h3-7,9,11-12,14H,8,10,13H2,1-2H3. The number of aryl methyl sites for hydroxylation is 1. The Hall–Kier alpha value is -2.95. The third kappa shape index (κ3) is 3.12. The summed E-state index contributed by atoms with van der Waals surface area (Å²) in [4.78, 5) is 14.3. The lowest BCUT2D eigenvalue weighted by Gasteiger charge is -2.23. The van der Waals surface area contributed by atoms with Crippen molar-refractivity contribution in [2.75, 3.05) is 13.8 Å². The Morgan fingerprint density at radius 1 is 1.12 bits per heavy atom. The Balaban J connectivity index is 1.40. The van der Waals surface area contributed by atoms with Gasteiger partial charge in [0.15, 0.2) is 11.5 Å². The van der Waals surface area contributed by atoms with Crippen LogP contribution in [0.15, 0.2) is 52.9 Å². The van der Waals surface area contributed by atoms with Crippen LogP contribution in [0.3, 0.4) is 0 Å². The molecule has 1 atom stereocenters. The lowest BCUT2D eigenvalue weighted by Crippen LogP contribution is -2.29. The van der Waals surface area contributed by atoms with Gasteiger partial charge in [-0.05, 0) is 43.2 Å². The predicted octanol–water partition coefficient (Wildman–Crippen LogP) is 4.31. The minimum absolute atomic E-state index is 0.0793. The second-order valence-corrected chi connectivity index (χ2v) is 6.55. The highest BCUT2D eigenvalue weighted by Crippen LogP contribution is 2.33.